The first kappa shape index (κ1) is 18.7. The Hall–Kier alpha value is -1.60. The fraction of sp³-hybridized carbons (Fsp3) is 0.478. The van der Waals surface area contributed by atoms with Gasteiger partial charge in [-0.15, -0.1) is 0 Å². The maximum absolute atomic E-state index is 6.84. The zero-order valence-electron chi connectivity index (χ0n) is 15.4. The van der Waals surface area contributed by atoms with Crippen LogP contribution in [0.25, 0.3) is 0 Å². The molecule has 1 atom stereocenters. The van der Waals surface area contributed by atoms with Gasteiger partial charge in [-0.2, -0.15) is 0 Å². The number of hydrogen-bond acceptors (Lipinski definition) is 1. The minimum absolute atomic E-state index is 0.0900. The van der Waals surface area contributed by atoms with E-state index in [1.165, 1.54) is 43.2 Å². The largest absolute Gasteiger partial charge is 0.327 e. The zero-order chi connectivity index (χ0) is 17.3. The predicted octanol–water partition coefficient (Wildman–Crippen LogP) is 6.07. The van der Waals surface area contributed by atoms with Crippen LogP contribution in [0, 0.1) is 0 Å². The first-order chi connectivity index (χ1) is 11.8. The average Bonchev–Trinajstić information content (AvgIpc) is 2.64. The molecular weight excluding hydrogens is 290 g/mol. The molecular formula is C23H33N. The molecule has 130 valence electrons. The maximum atomic E-state index is 6.84. The molecule has 2 rings (SSSR count). The molecule has 1 heteroatoms. The van der Waals surface area contributed by atoms with Gasteiger partial charge >= 0.3 is 0 Å². The zero-order valence-corrected chi connectivity index (χ0v) is 15.4. The molecule has 0 saturated carbocycles. The lowest BCUT2D eigenvalue weighted by atomic mass is 9.66. The van der Waals surface area contributed by atoms with Crippen molar-refractivity contribution in [1.82, 2.24) is 0 Å². The van der Waals surface area contributed by atoms with Crippen molar-refractivity contribution >= 4 is 0 Å². The van der Waals surface area contributed by atoms with E-state index in [-0.39, 0.29) is 11.5 Å². The highest BCUT2D eigenvalue weighted by Gasteiger charge is 2.38. The summed E-state index contributed by atoms with van der Waals surface area (Å²) in [5.41, 5.74) is 9.45. The smallest absolute Gasteiger partial charge is 0.0351 e. The summed E-state index contributed by atoms with van der Waals surface area (Å²) < 4.78 is 0. The second-order valence-electron chi connectivity index (χ2n) is 6.87. The molecule has 2 aromatic carbocycles. The third-order valence-corrected chi connectivity index (χ3v) is 5.39. The second-order valence-corrected chi connectivity index (χ2v) is 6.87. The topological polar surface area (TPSA) is 26.0 Å². The van der Waals surface area contributed by atoms with Crippen molar-refractivity contribution in [2.75, 3.05) is 0 Å². The van der Waals surface area contributed by atoms with Crippen LogP contribution in [0.2, 0.25) is 0 Å². The summed E-state index contributed by atoms with van der Waals surface area (Å²) in [5, 5.41) is 0. The Balaban J connectivity index is 2.26. The number of benzene rings is 2. The van der Waals surface area contributed by atoms with E-state index in [1.54, 1.807) is 0 Å². The van der Waals surface area contributed by atoms with Gasteiger partial charge in [0, 0.05) is 11.5 Å². The third-order valence-electron chi connectivity index (χ3n) is 5.39. The van der Waals surface area contributed by atoms with E-state index in [0.717, 1.165) is 12.8 Å². The summed E-state index contributed by atoms with van der Waals surface area (Å²) >= 11 is 0. The number of unbranched alkanes of at least 4 members (excludes halogenated alkanes) is 4. The summed E-state index contributed by atoms with van der Waals surface area (Å²) in [5.74, 6) is 0. The van der Waals surface area contributed by atoms with Gasteiger partial charge in [0.25, 0.3) is 0 Å². The van der Waals surface area contributed by atoms with Crippen LogP contribution >= 0.6 is 0 Å². The fourth-order valence-electron chi connectivity index (χ4n) is 3.95. The van der Waals surface area contributed by atoms with E-state index in [1.807, 2.05) is 0 Å². The van der Waals surface area contributed by atoms with Crippen LogP contribution in [-0.4, -0.2) is 6.04 Å². The SMILES string of the molecule is CCCCCCCC(N)C(CC)(c1ccccc1)c1ccccc1. The summed E-state index contributed by atoms with van der Waals surface area (Å²) in [6, 6.07) is 21.8. The molecule has 0 amide bonds. The Bertz CT molecular complexity index is 522. The highest BCUT2D eigenvalue weighted by Crippen LogP contribution is 2.39. The lowest BCUT2D eigenvalue weighted by Crippen LogP contribution is -2.46. The van der Waals surface area contributed by atoms with Gasteiger partial charge in [0.15, 0.2) is 0 Å². The van der Waals surface area contributed by atoms with E-state index in [9.17, 15) is 0 Å². The number of nitrogens with two attached hydrogens (primary N) is 1. The molecule has 2 aromatic rings. The summed E-state index contributed by atoms with van der Waals surface area (Å²) in [6.45, 7) is 4.54. The van der Waals surface area contributed by atoms with Crippen molar-refractivity contribution in [3.63, 3.8) is 0 Å². The van der Waals surface area contributed by atoms with Crippen molar-refractivity contribution in [2.45, 2.75) is 70.3 Å². The van der Waals surface area contributed by atoms with Gasteiger partial charge in [0.2, 0.25) is 0 Å². The Labute approximate surface area is 148 Å². The monoisotopic (exact) mass is 323 g/mol. The molecule has 0 aromatic heterocycles. The molecule has 24 heavy (non-hydrogen) atoms. The van der Waals surface area contributed by atoms with Crippen molar-refractivity contribution in [1.29, 1.82) is 0 Å². The Morgan fingerprint density at radius 1 is 0.750 bits per heavy atom. The van der Waals surface area contributed by atoms with Gasteiger partial charge in [-0.3, -0.25) is 0 Å². The van der Waals surface area contributed by atoms with E-state index in [0.29, 0.717) is 0 Å². The molecule has 2 N–H and O–H groups in total. The fourth-order valence-corrected chi connectivity index (χ4v) is 3.95. The van der Waals surface area contributed by atoms with Crippen LogP contribution in [0.15, 0.2) is 60.7 Å². The van der Waals surface area contributed by atoms with Gasteiger partial charge in [0.1, 0.15) is 0 Å². The molecule has 0 aliphatic heterocycles. The molecule has 0 heterocycles. The van der Waals surface area contributed by atoms with Crippen LogP contribution < -0.4 is 5.73 Å². The molecule has 0 radical (unpaired) electrons. The third kappa shape index (κ3) is 4.27. The van der Waals surface area contributed by atoms with E-state index < -0.39 is 0 Å². The van der Waals surface area contributed by atoms with Gasteiger partial charge in [-0.1, -0.05) is 107 Å². The minimum Gasteiger partial charge on any atom is -0.327 e. The van der Waals surface area contributed by atoms with Gasteiger partial charge < -0.3 is 5.73 Å². The molecule has 0 spiro atoms. The van der Waals surface area contributed by atoms with Gasteiger partial charge in [-0.05, 0) is 24.0 Å². The summed E-state index contributed by atoms with van der Waals surface area (Å²) in [4.78, 5) is 0. The minimum atomic E-state index is -0.0900. The van der Waals surface area contributed by atoms with Crippen LogP contribution in [0.5, 0.6) is 0 Å². The molecule has 1 unspecified atom stereocenters. The lowest BCUT2D eigenvalue weighted by molar-refractivity contribution is 0.363. The number of rotatable bonds is 10. The average molecular weight is 324 g/mol. The van der Waals surface area contributed by atoms with Gasteiger partial charge in [-0.25, -0.2) is 0 Å². The Morgan fingerprint density at radius 2 is 1.25 bits per heavy atom. The number of hydrogen-bond donors (Lipinski definition) is 1. The molecule has 0 aliphatic carbocycles. The molecule has 1 nitrogen and oxygen atoms in total. The van der Waals surface area contributed by atoms with Crippen LogP contribution in [-0.2, 0) is 5.41 Å². The molecule has 0 aliphatic rings. The quantitative estimate of drug-likeness (QED) is 0.528. The standard InChI is InChI=1S/C23H33N/c1-3-5-6-7-14-19-22(24)23(4-2,20-15-10-8-11-16-20)21-17-12-9-13-18-21/h8-13,15-18,22H,3-7,14,19,24H2,1-2H3. The van der Waals surface area contributed by atoms with E-state index >= 15 is 0 Å². The summed E-state index contributed by atoms with van der Waals surface area (Å²) in [7, 11) is 0. The Kier molecular flexibility index (Phi) is 7.52. The first-order valence-corrected chi connectivity index (χ1v) is 9.62. The van der Waals surface area contributed by atoms with Crippen LogP contribution in [0.4, 0.5) is 0 Å². The Morgan fingerprint density at radius 3 is 1.71 bits per heavy atom. The molecule has 0 fully saturated rings. The second kappa shape index (κ2) is 9.64. The highest BCUT2D eigenvalue weighted by atomic mass is 14.7. The van der Waals surface area contributed by atoms with Crippen LogP contribution in [0.3, 0.4) is 0 Å². The van der Waals surface area contributed by atoms with E-state index in [2.05, 4.69) is 74.5 Å². The van der Waals surface area contributed by atoms with Crippen molar-refractivity contribution in [2.24, 2.45) is 5.73 Å². The first-order valence-electron chi connectivity index (χ1n) is 9.62. The normalized spacial score (nSPS) is 13.0. The molecule has 0 bridgehead atoms. The van der Waals surface area contributed by atoms with E-state index in [4.69, 9.17) is 5.73 Å². The van der Waals surface area contributed by atoms with Crippen molar-refractivity contribution < 1.29 is 0 Å². The molecule has 0 saturated heterocycles. The van der Waals surface area contributed by atoms with Gasteiger partial charge in [0.05, 0.1) is 0 Å². The van der Waals surface area contributed by atoms with Crippen LogP contribution in [0.1, 0.15) is 69.9 Å². The van der Waals surface area contributed by atoms with Crippen molar-refractivity contribution in [3.05, 3.63) is 71.8 Å². The van der Waals surface area contributed by atoms with Crippen molar-refractivity contribution in [3.8, 4) is 0 Å². The lowest BCUT2D eigenvalue weighted by Gasteiger charge is -2.40. The highest BCUT2D eigenvalue weighted by molar-refractivity contribution is 5.41. The maximum Gasteiger partial charge on any atom is 0.0351 e. The summed E-state index contributed by atoms with van der Waals surface area (Å²) in [6.07, 6.45) is 8.59. The predicted molar refractivity (Wildman–Crippen MR) is 105 cm³/mol.